The van der Waals surface area contributed by atoms with Crippen LogP contribution >= 0.6 is 0 Å². The maximum absolute atomic E-state index is 12.9. The molecule has 2 heterocycles. The van der Waals surface area contributed by atoms with Crippen LogP contribution in [-0.2, 0) is 25.7 Å². The molecule has 266 valence electrons. The number of carbonyl (C=O) groups excluding carboxylic acids is 2. The summed E-state index contributed by atoms with van der Waals surface area (Å²) < 4.78 is 35.8. The van der Waals surface area contributed by atoms with Crippen molar-refractivity contribution in [1.82, 2.24) is 10.6 Å². The second-order valence-corrected chi connectivity index (χ2v) is 15.6. The lowest BCUT2D eigenvalue weighted by atomic mass is 9.81. The van der Waals surface area contributed by atoms with Gasteiger partial charge in [0.05, 0.1) is 10.3 Å². The summed E-state index contributed by atoms with van der Waals surface area (Å²) in [6.45, 7) is 14.6. The van der Waals surface area contributed by atoms with E-state index in [-0.39, 0.29) is 22.1 Å². The highest BCUT2D eigenvalue weighted by molar-refractivity contribution is 7.85. The van der Waals surface area contributed by atoms with Crippen molar-refractivity contribution in [2.75, 3.05) is 32.1 Å². The molecular formula is C41H47N4O5S+. The Morgan fingerprint density at radius 1 is 0.922 bits per heavy atom. The maximum atomic E-state index is 12.9. The Morgan fingerprint density at radius 2 is 1.57 bits per heavy atom. The number of benzene rings is 3. The topological polar surface area (TPSA) is 119 Å². The van der Waals surface area contributed by atoms with Crippen LogP contribution in [0.2, 0.25) is 0 Å². The fourth-order valence-electron chi connectivity index (χ4n) is 6.92. The van der Waals surface area contributed by atoms with Crippen LogP contribution in [0.15, 0.2) is 114 Å². The van der Waals surface area contributed by atoms with Crippen molar-refractivity contribution in [2.24, 2.45) is 0 Å². The summed E-state index contributed by atoms with van der Waals surface area (Å²) in [7, 11) is -0.333. The number of carbonyl (C=O) groups is 2. The van der Waals surface area contributed by atoms with Crippen molar-refractivity contribution >= 4 is 44.6 Å². The summed E-state index contributed by atoms with van der Waals surface area (Å²) >= 11 is 0. The molecule has 0 saturated carbocycles. The number of likely N-dealkylation sites (N-methyl/N-ethyl adjacent to an activating group) is 1. The number of hydrogen-bond donors (Lipinski definition) is 3. The summed E-state index contributed by atoms with van der Waals surface area (Å²) in [5.74, 6) is -0.398. The van der Waals surface area contributed by atoms with Gasteiger partial charge in [-0.1, -0.05) is 56.8 Å². The molecule has 3 aromatic rings. The van der Waals surface area contributed by atoms with Crippen LogP contribution in [0, 0.1) is 0 Å². The van der Waals surface area contributed by atoms with Crippen LogP contribution in [0.5, 0.6) is 0 Å². The highest BCUT2D eigenvalue weighted by Gasteiger charge is 2.42. The van der Waals surface area contributed by atoms with Crippen molar-refractivity contribution in [1.29, 1.82) is 0 Å². The number of nitrogens with one attached hydrogen (secondary N) is 2. The average molecular weight is 708 g/mol. The molecule has 0 spiro atoms. The Hall–Kier alpha value is -5.06. The monoisotopic (exact) mass is 707 g/mol. The second kappa shape index (κ2) is 14.3. The lowest BCUT2D eigenvalue weighted by Crippen LogP contribution is -2.30. The summed E-state index contributed by atoms with van der Waals surface area (Å²) in [4.78, 5) is 26.5. The van der Waals surface area contributed by atoms with Gasteiger partial charge in [-0.2, -0.15) is 13.0 Å². The number of anilines is 1. The van der Waals surface area contributed by atoms with Crippen LogP contribution in [-0.4, -0.2) is 62.3 Å². The van der Waals surface area contributed by atoms with Gasteiger partial charge in [-0.3, -0.25) is 14.1 Å². The van der Waals surface area contributed by atoms with Crippen molar-refractivity contribution in [3.05, 3.63) is 131 Å². The minimum absolute atomic E-state index is 0.136. The van der Waals surface area contributed by atoms with Crippen molar-refractivity contribution in [3.8, 4) is 0 Å². The Balaban J connectivity index is 1.46. The largest absolute Gasteiger partial charge is 0.352 e. The zero-order chi connectivity index (χ0) is 37.3. The minimum Gasteiger partial charge on any atom is -0.352 e. The molecule has 0 aliphatic carbocycles. The van der Waals surface area contributed by atoms with E-state index in [2.05, 4.69) is 73.0 Å². The van der Waals surface area contributed by atoms with Gasteiger partial charge in [0.25, 0.3) is 16.0 Å². The Morgan fingerprint density at radius 3 is 2.22 bits per heavy atom. The van der Waals surface area contributed by atoms with Gasteiger partial charge in [-0.05, 0) is 86.4 Å². The van der Waals surface area contributed by atoms with Crippen LogP contribution in [0.3, 0.4) is 0 Å². The molecule has 0 fully saturated rings. The van der Waals surface area contributed by atoms with E-state index in [0.717, 1.165) is 33.8 Å². The highest BCUT2D eigenvalue weighted by Crippen LogP contribution is 2.47. The maximum Gasteiger partial charge on any atom is 0.294 e. The lowest BCUT2D eigenvalue weighted by molar-refractivity contribution is -0.401. The zero-order valence-corrected chi connectivity index (χ0v) is 31.2. The first kappa shape index (κ1) is 37.2. The lowest BCUT2D eigenvalue weighted by Gasteiger charge is -2.24. The zero-order valence-electron chi connectivity index (χ0n) is 30.4. The third kappa shape index (κ3) is 7.52. The molecule has 2 amide bonds. The molecule has 0 bridgehead atoms. The van der Waals surface area contributed by atoms with Gasteiger partial charge < -0.3 is 15.5 Å². The number of amides is 2. The molecule has 0 radical (unpaired) electrons. The van der Waals surface area contributed by atoms with Crippen molar-refractivity contribution < 1.29 is 27.1 Å². The first-order valence-electron chi connectivity index (χ1n) is 16.9. The van der Waals surface area contributed by atoms with Crippen LogP contribution < -0.4 is 15.5 Å². The molecular weight excluding hydrogens is 661 g/mol. The molecule has 0 saturated heterocycles. The van der Waals surface area contributed by atoms with Crippen LogP contribution in [0.25, 0.3) is 5.57 Å². The molecule has 9 nitrogen and oxygen atoms in total. The molecule has 10 heteroatoms. The van der Waals surface area contributed by atoms with E-state index >= 15 is 0 Å². The van der Waals surface area contributed by atoms with E-state index in [4.69, 9.17) is 0 Å². The van der Waals surface area contributed by atoms with Gasteiger partial charge >= 0.3 is 0 Å². The highest BCUT2D eigenvalue weighted by atomic mass is 32.2. The van der Waals surface area contributed by atoms with Gasteiger partial charge in [0.15, 0.2) is 5.71 Å². The van der Waals surface area contributed by atoms with Gasteiger partial charge in [0.1, 0.15) is 7.05 Å². The van der Waals surface area contributed by atoms with Gasteiger partial charge in [0, 0.05) is 65.8 Å². The summed E-state index contributed by atoms with van der Waals surface area (Å²) in [5.41, 5.74) is 8.17. The summed E-state index contributed by atoms with van der Waals surface area (Å²) in [5, 5.41) is 5.68. The average Bonchev–Trinajstić information content (AvgIpc) is 3.40. The van der Waals surface area contributed by atoms with Crippen LogP contribution in [0.1, 0.15) is 68.1 Å². The SMILES string of the molecule is C=C(C)C(=O)NCCCNC(=O)c1ccc(C(=C\C=C2\N(C)c3ccc(S(=O)(=O)O)cc3C2(C)C)/C=C/C2=[N+](C)c3ccccc3C2(C)C)cc1. The van der Waals surface area contributed by atoms with E-state index in [1.165, 1.54) is 17.3 Å². The number of allylic oxidation sites excluding steroid dienone is 6. The first-order chi connectivity index (χ1) is 23.9. The van der Waals surface area contributed by atoms with E-state index in [0.29, 0.717) is 30.6 Å². The third-order valence-electron chi connectivity index (χ3n) is 9.88. The summed E-state index contributed by atoms with van der Waals surface area (Å²) in [6, 6.07) is 20.5. The van der Waals surface area contributed by atoms with Crippen LogP contribution in [0.4, 0.5) is 11.4 Å². The molecule has 0 unspecified atom stereocenters. The molecule has 0 aromatic heterocycles. The number of rotatable bonds is 11. The Bertz CT molecular complexity index is 2140. The number of nitrogens with zero attached hydrogens (tertiary/aromatic N) is 2. The molecule has 3 aromatic carbocycles. The fourth-order valence-corrected chi connectivity index (χ4v) is 7.43. The van der Waals surface area contributed by atoms with Crippen molar-refractivity contribution in [2.45, 2.75) is 56.8 Å². The molecule has 51 heavy (non-hydrogen) atoms. The standard InChI is InChI=1S/C41H46N4O5S/c1-27(2)38(46)42-24-11-25-43-39(47)30-16-14-28(15-17-30)29(18-22-36-40(3,4)32-12-9-10-13-34(32)44(36)7)19-23-37-41(5,6)33-26-31(51(48,49)50)20-21-35(33)45(37)8/h9-10,12-23,26H,1,11,24-25H2,2-8H3,(H2-,42,43,46,47,48,49,50)/p+1. The number of fused-ring (bicyclic) bond motifs is 2. The fraction of sp³-hybridized carbons (Fsp3) is 0.293. The predicted octanol–water partition coefficient (Wildman–Crippen LogP) is 6.70. The molecule has 3 N–H and O–H groups in total. The quantitative estimate of drug-likeness (QED) is 0.0671. The Labute approximate surface area is 301 Å². The second-order valence-electron chi connectivity index (χ2n) is 14.2. The van der Waals surface area contributed by atoms with Gasteiger partial charge in [0.2, 0.25) is 11.6 Å². The third-order valence-corrected chi connectivity index (χ3v) is 10.7. The minimum atomic E-state index is -4.36. The first-order valence-corrected chi connectivity index (χ1v) is 18.4. The van der Waals surface area contributed by atoms with Gasteiger partial charge in [-0.25, -0.2) is 0 Å². The number of hydrogen-bond acceptors (Lipinski definition) is 5. The normalized spacial score (nSPS) is 17.1. The Kier molecular flexibility index (Phi) is 10.4. The summed E-state index contributed by atoms with van der Waals surface area (Å²) in [6.07, 6.45) is 8.92. The van der Waals surface area contributed by atoms with E-state index in [9.17, 15) is 22.6 Å². The molecule has 5 rings (SSSR count). The van der Waals surface area contributed by atoms with E-state index < -0.39 is 15.5 Å². The smallest absolute Gasteiger partial charge is 0.294 e. The van der Waals surface area contributed by atoms with Crippen molar-refractivity contribution in [3.63, 3.8) is 0 Å². The molecule has 2 aliphatic rings. The molecule has 2 aliphatic heterocycles. The van der Waals surface area contributed by atoms with E-state index in [1.54, 1.807) is 31.2 Å². The molecule has 0 atom stereocenters. The van der Waals surface area contributed by atoms with E-state index in [1.807, 2.05) is 56.1 Å². The van der Waals surface area contributed by atoms with Gasteiger partial charge in [-0.15, -0.1) is 0 Å². The predicted molar refractivity (Wildman–Crippen MR) is 204 cm³/mol. The number of para-hydroxylation sites is 1.